The van der Waals surface area contributed by atoms with E-state index in [2.05, 4.69) is 11.2 Å². The minimum absolute atomic E-state index is 0.217. The standard InChI is InChI=1S/C26H17N2O4P/c27-18-23(19-10-4-1-5-11-19)22-16-17-24(28-32-33-29)26(31-21-14-8-3-9-15-21)25(22)30-20-12-6-2-7-13-20/h1-17H. The molecule has 0 spiro atoms. The van der Waals surface area contributed by atoms with Crippen LogP contribution in [0.5, 0.6) is 11.5 Å². The van der Waals surface area contributed by atoms with Crippen LogP contribution in [0.15, 0.2) is 125 Å². The number of nitriles is 1. The molecule has 0 aliphatic heterocycles. The summed E-state index contributed by atoms with van der Waals surface area (Å²) in [5, 5.41) is 13.9. The number of rotatable bonds is 7. The van der Waals surface area contributed by atoms with Gasteiger partial charge in [-0.3, -0.25) is 4.62 Å². The first kappa shape index (κ1) is 21.8. The van der Waals surface area contributed by atoms with Crippen LogP contribution in [0.4, 0.5) is 0 Å². The molecule has 3 aromatic carbocycles. The Morgan fingerprint density at radius 3 is 1.85 bits per heavy atom. The maximum absolute atomic E-state index is 10.9. The Bertz CT molecular complexity index is 1290. The molecular formula is C26H17N2O4P. The average Bonchev–Trinajstić information content (AvgIpc) is 2.87. The smallest absolute Gasteiger partial charge is 0.419 e. The average molecular weight is 452 g/mol. The van der Waals surface area contributed by atoms with Gasteiger partial charge in [0.05, 0.1) is 5.57 Å². The third kappa shape index (κ3) is 5.24. The Labute approximate surface area is 192 Å². The zero-order valence-corrected chi connectivity index (χ0v) is 18.2. The van der Waals surface area contributed by atoms with E-state index in [0.717, 1.165) is 5.56 Å². The topological polar surface area (TPSA) is 80.9 Å². The summed E-state index contributed by atoms with van der Waals surface area (Å²) in [6.45, 7) is 0. The number of para-hydroxylation sites is 2. The van der Waals surface area contributed by atoms with E-state index in [0.29, 0.717) is 22.6 Å². The first-order valence-corrected chi connectivity index (χ1v) is 10.7. The molecule has 0 radical (unpaired) electrons. The van der Waals surface area contributed by atoms with E-state index >= 15 is 0 Å². The highest BCUT2D eigenvalue weighted by Gasteiger charge is 2.27. The molecule has 1 aliphatic rings. The first-order chi connectivity index (χ1) is 16.3. The monoisotopic (exact) mass is 452 g/mol. The number of hydrogen-bond acceptors (Lipinski definition) is 6. The van der Waals surface area contributed by atoms with Gasteiger partial charge in [-0.25, -0.2) is 4.57 Å². The molecule has 0 atom stereocenters. The van der Waals surface area contributed by atoms with Crippen molar-refractivity contribution >= 4 is 20.0 Å². The first-order valence-electron chi connectivity index (χ1n) is 9.95. The maximum Gasteiger partial charge on any atom is 0.419 e. The minimum Gasteiger partial charge on any atom is -0.453 e. The van der Waals surface area contributed by atoms with Crippen LogP contribution in [-0.4, -0.2) is 5.71 Å². The van der Waals surface area contributed by atoms with Crippen molar-refractivity contribution in [3.05, 3.63) is 126 Å². The summed E-state index contributed by atoms with van der Waals surface area (Å²) in [7, 11) is -0.610. The van der Waals surface area contributed by atoms with Crippen LogP contribution in [0.2, 0.25) is 0 Å². The maximum atomic E-state index is 10.9. The molecule has 33 heavy (non-hydrogen) atoms. The molecule has 6 nitrogen and oxygen atoms in total. The molecule has 3 aromatic rings. The predicted octanol–water partition coefficient (Wildman–Crippen LogP) is 6.48. The summed E-state index contributed by atoms with van der Waals surface area (Å²) < 4.78 is 28.0. The largest absolute Gasteiger partial charge is 0.453 e. The Morgan fingerprint density at radius 2 is 1.30 bits per heavy atom. The van der Waals surface area contributed by atoms with E-state index in [1.807, 2.05) is 66.7 Å². The van der Waals surface area contributed by atoms with Crippen molar-refractivity contribution < 1.29 is 18.7 Å². The van der Waals surface area contributed by atoms with E-state index < -0.39 is 8.69 Å². The quantitative estimate of drug-likeness (QED) is 0.233. The molecule has 0 N–H and O–H groups in total. The third-order valence-corrected chi connectivity index (χ3v) is 4.78. The van der Waals surface area contributed by atoms with Crippen LogP contribution < -0.4 is 9.47 Å². The van der Waals surface area contributed by atoms with Crippen LogP contribution in [-0.2, 0) is 9.19 Å². The van der Waals surface area contributed by atoms with Gasteiger partial charge in [0.25, 0.3) is 0 Å². The lowest BCUT2D eigenvalue weighted by Gasteiger charge is -2.21. The Kier molecular flexibility index (Phi) is 7.07. The zero-order valence-electron chi connectivity index (χ0n) is 17.3. The zero-order chi connectivity index (χ0) is 22.9. The second kappa shape index (κ2) is 10.7. The molecule has 0 heterocycles. The van der Waals surface area contributed by atoms with Crippen molar-refractivity contribution in [2.45, 2.75) is 0 Å². The van der Waals surface area contributed by atoms with Gasteiger partial charge in [0.2, 0.25) is 0 Å². The molecule has 0 saturated heterocycles. The van der Waals surface area contributed by atoms with Crippen LogP contribution in [0.3, 0.4) is 0 Å². The number of ether oxygens (including phenoxy) is 2. The highest BCUT2D eigenvalue weighted by molar-refractivity contribution is 7.17. The molecule has 0 aromatic heterocycles. The molecule has 0 amide bonds. The summed E-state index contributed by atoms with van der Waals surface area (Å²) in [4.78, 5) is 0. The van der Waals surface area contributed by atoms with Crippen molar-refractivity contribution in [3.63, 3.8) is 0 Å². The number of nitrogens with zero attached hydrogens (tertiary/aromatic N) is 2. The highest BCUT2D eigenvalue weighted by Crippen LogP contribution is 2.33. The Hall–Kier alpha value is -4.46. The van der Waals surface area contributed by atoms with Crippen LogP contribution >= 0.6 is 8.69 Å². The van der Waals surface area contributed by atoms with Gasteiger partial charge in [0.15, 0.2) is 11.5 Å². The van der Waals surface area contributed by atoms with Crippen LogP contribution in [0.25, 0.3) is 5.57 Å². The summed E-state index contributed by atoms with van der Waals surface area (Å²) in [5.41, 5.74) is 1.88. The van der Waals surface area contributed by atoms with Gasteiger partial charge < -0.3 is 9.47 Å². The van der Waals surface area contributed by atoms with Gasteiger partial charge in [-0.1, -0.05) is 71.9 Å². The third-order valence-electron chi connectivity index (χ3n) is 4.63. The van der Waals surface area contributed by atoms with Crippen molar-refractivity contribution in [2.24, 2.45) is 5.16 Å². The fraction of sp³-hybridized carbons (Fsp3) is 0. The second-order valence-corrected chi connectivity index (χ2v) is 7.03. The van der Waals surface area contributed by atoms with Crippen LogP contribution in [0, 0.1) is 11.3 Å². The van der Waals surface area contributed by atoms with Crippen molar-refractivity contribution in [3.8, 4) is 17.6 Å². The minimum atomic E-state index is -0.610. The normalized spacial score (nSPS) is 15.8. The lowest BCUT2D eigenvalue weighted by Crippen LogP contribution is -2.19. The SMILES string of the molecule is N#CC(=C1C=CC(=NOP=O)C(Oc2ccccc2)=C1Oc1ccccc1)c1ccccc1. The number of allylic oxidation sites excluding steroid dienone is 3. The Balaban J connectivity index is 1.95. The van der Waals surface area contributed by atoms with Gasteiger partial charge in [-0.05, 0) is 42.0 Å². The second-order valence-electron chi connectivity index (χ2n) is 6.72. The number of hydrogen-bond donors (Lipinski definition) is 0. The van der Waals surface area contributed by atoms with E-state index in [1.54, 1.807) is 36.4 Å². The van der Waals surface area contributed by atoms with E-state index in [-0.39, 0.29) is 17.2 Å². The molecular weight excluding hydrogens is 435 g/mol. The van der Waals surface area contributed by atoms with Gasteiger partial charge in [0.1, 0.15) is 23.3 Å². The van der Waals surface area contributed by atoms with Gasteiger partial charge in [-0.2, -0.15) is 5.26 Å². The van der Waals surface area contributed by atoms with Gasteiger partial charge >= 0.3 is 8.69 Å². The van der Waals surface area contributed by atoms with E-state index in [4.69, 9.17) is 14.1 Å². The number of oxime groups is 1. The lowest BCUT2D eigenvalue weighted by molar-refractivity contribution is 0.351. The van der Waals surface area contributed by atoms with Crippen LogP contribution in [0.1, 0.15) is 5.56 Å². The molecule has 7 heteroatoms. The van der Waals surface area contributed by atoms with Gasteiger partial charge in [0, 0.05) is 5.57 Å². The molecule has 0 unspecified atom stereocenters. The fourth-order valence-electron chi connectivity index (χ4n) is 3.18. The van der Waals surface area contributed by atoms with Crippen molar-refractivity contribution in [1.82, 2.24) is 0 Å². The molecule has 0 bridgehead atoms. The summed E-state index contributed by atoms with van der Waals surface area (Å²) in [6, 6.07) is 29.8. The lowest BCUT2D eigenvalue weighted by atomic mass is 9.95. The molecule has 0 saturated carbocycles. The van der Waals surface area contributed by atoms with E-state index in [1.165, 1.54) is 0 Å². The summed E-state index contributed by atoms with van der Waals surface area (Å²) in [6.07, 6.45) is 3.32. The molecule has 1 aliphatic carbocycles. The highest BCUT2D eigenvalue weighted by atomic mass is 31.1. The van der Waals surface area contributed by atoms with Crippen molar-refractivity contribution in [1.29, 1.82) is 5.26 Å². The molecule has 160 valence electrons. The van der Waals surface area contributed by atoms with Crippen molar-refractivity contribution in [2.75, 3.05) is 0 Å². The summed E-state index contributed by atoms with van der Waals surface area (Å²) >= 11 is 0. The predicted molar refractivity (Wildman–Crippen MR) is 125 cm³/mol. The van der Waals surface area contributed by atoms with Gasteiger partial charge in [-0.15, -0.1) is 0 Å². The summed E-state index contributed by atoms with van der Waals surface area (Å²) in [5.74, 6) is 1.57. The van der Waals surface area contributed by atoms with E-state index in [9.17, 15) is 9.83 Å². The number of benzene rings is 3. The molecule has 4 rings (SSSR count). The Morgan fingerprint density at radius 1 is 0.758 bits per heavy atom. The molecule has 0 fully saturated rings. The fourth-order valence-corrected chi connectivity index (χ4v) is 3.30.